The highest BCUT2D eigenvalue weighted by molar-refractivity contribution is 6.02. The number of likely N-dealkylation sites (tertiary alicyclic amines) is 1. The first-order valence-corrected chi connectivity index (χ1v) is 5.12. The summed E-state index contributed by atoms with van der Waals surface area (Å²) in [7, 11) is 0. The van der Waals surface area contributed by atoms with Crippen molar-refractivity contribution < 1.29 is 29.4 Å². The van der Waals surface area contributed by atoms with Crippen LogP contribution >= 0.6 is 0 Å². The Labute approximate surface area is 97.0 Å². The fourth-order valence-corrected chi connectivity index (χ4v) is 1.81. The van der Waals surface area contributed by atoms with Crippen LogP contribution in [-0.4, -0.2) is 44.9 Å². The Morgan fingerprint density at radius 2 is 1.76 bits per heavy atom. The number of amides is 2. The van der Waals surface area contributed by atoms with Gasteiger partial charge in [0.05, 0.1) is 6.42 Å². The molecule has 17 heavy (non-hydrogen) atoms. The van der Waals surface area contributed by atoms with E-state index < -0.39 is 36.2 Å². The Balaban J connectivity index is 2.93. The standard InChI is InChI=1S/C10H13NO6/c1-5-2-7(12)11(8(13)3-5)6(10(16)17)4-9(14)15/h5-6H,2-4H2,1H3,(H,14,15)(H,16,17). The van der Waals surface area contributed by atoms with Gasteiger partial charge in [0.2, 0.25) is 11.8 Å². The SMILES string of the molecule is CC1CC(=O)N(C(CC(=O)O)C(=O)O)C(=O)C1. The van der Waals surface area contributed by atoms with Gasteiger partial charge in [-0.1, -0.05) is 6.92 Å². The molecule has 1 atom stereocenters. The summed E-state index contributed by atoms with van der Waals surface area (Å²) in [5.74, 6) is -4.23. The van der Waals surface area contributed by atoms with Crippen LogP contribution in [0.3, 0.4) is 0 Å². The molecule has 0 aromatic rings. The number of hydrogen-bond acceptors (Lipinski definition) is 4. The first kappa shape index (κ1) is 13.1. The first-order valence-electron chi connectivity index (χ1n) is 5.12. The second kappa shape index (κ2) is 4.94. The molecular weight excluding hydrogens is 230 g/mol. The van der Waals surface area contributed by atoms with Crippen LogP contribution in [0.1, 0.15) is 26.2 Å². The third-order valence-corrected chi connectivity index (χ3v) is 2.55. The summed E-state index contributed by atoms with van der Waals surface area (Å²) in [6.07, 6.45) is -0.647. The molecule has 0 radical (unpaired) electrons. The zero-order valence-electron chi connectivity index (χ0n) is 9.25. The molecule has 0 spiro atoms. The van der Waals surface area contributed by atoms with Crippen molar-refractivity contribution in [2.75, 3.05) is 0 Å². The van der Waals surface area contributed by atoms with Crippen LogP contribution in [0.5, 0.6) is 0 Å². The topological polar surface area (TPSA) is 112 Å². The fourth-order valence-electron chi connectivity index (χ4n) is 1.81. The fraction of sp³-hybridized carbons (Fsp3) is 0.600. The van der Waals surface area contributed by atoms with Gasteiger partial charge in [0.25, 0.3) is 0 Å². The van der Waals surface area contributed by atoms with E-state index in [9.17, 15) is 19.2 Å². The summed E-state index contributed by atoms with van der Waals surface area (Å²) < 4.78 is 0. The third-order valence-electron chi connectivity index (χ3n) is 2.55. The summed E-state index contributed by atoms with van der Waals surface area (Å²) >= 11 is 0. The number of carboxylic acids is 2. The van der Waals surface area contributed by atoms with E-state index in [1.54, 1.807) is 6.92 Å². The lowest BCUT2D eigenvalue weighted by atomic mass is 9.96. The largest absolute Gasteiger partial charge is 0.481 e. The average Bonchev–Trinajstić information content (AvgIpc) is 2.13. The molecule has 0 saturated carbocycles. The molecule has 94 valence electrons. The molecule has 0 aliphatic carbocycles. The molecule has 0 aromatic carbocycles. The highest BCUT2D eigenvalue weighted by Crippen LogP contribution is 2.22. The predicted molar refractivity (Wildman–Crippen MR) is 53.9 cm³/mol. The van der Waals surface area contributed by atoms with Crippen LogP contribution in [0.15, 0.2) is 0 Å². The Morgan fingerprint density at radius 1 is 1.29 bits per heavy atom. The second-order valence-corrected chi connectivity index (χ2v) is 4.12. The summed E-state index contributed by atoms with van der Waals surface area (Å²) in [4.78, 5) is 45.2. The number of aliphatic carboxylic acids is 2. The zero-order valence-corrected chi connectivity index (χ0v) is 9.25. The normalized spacial score (nSPS) is 19.2. The Bertz CT molecular complexity index is 359. The number of nitrogens with zero attached hydrogens (tertiary/aromatic N) is 1. The van der Waals surface area contributed by atoms with Crippen molar-refractivity contribution in [3.63, 3.8) is 0 Å². The van der Waals surface area contributed by atoms with Crippen LogP contribution in [-0.2, 0) is 19.2 Å². The number of piperidine rings is 1. The number of carboxylic acid groups (broad SMARTS) is 2. The molecule has 1 heterocycles. The average molecular weight is 243 g/mol. The van der Waals surface area contributed by atoms with E-state index in [1.807, 2.05) is 0 Å². The van der Waals surface area contributed by atoms with Crippen molar-refractivity contribution in [3.05, 3.63) is 0 Å². The van der Waals surface area contributed by atoms with Crippen LogP contribution in [0, 0.1) is 5.92 Å². The monoisotopic (exact) mass is 243 g/mol. The zero-order chi connectivity index (χ0) is 13.2. The van der Waals surface area contributed by atoms with Crippen molar-refractivity contribution in [3.8, 4) is 0 Å². The van der Waals surface area contributed by atoms with Gasteiger partial charge in [-0.3, -0.25) is 19.3 Å². The first-order chi connectivity index (χ1) is 7.82. The molecule has 2 amide bonds. The van der Waals surface area contributed by atoms with E-state index in [0.717, 1.165) is 0 Å². The van der Waals surface area contributed by atoms with E-state index >= 15 is 0 Å². The Morgan fingerprint density at radius 3 is 2.12 bits per heavy atom. The van der Waals surface area contributed by atoms with Crippen LogP contribution < -0.4 is 0 Å². The number of carbonyl (C=O) groups is 4. The molecule has 7 nitrogen and oxygen atoms in total. The second-order valence-electron chi connectivity index (χ2n) is 4.12. The van der Waals surface area contributed by atoms with Gasteiger partial charge in [-0.2, -0.15) is 0 Å². The van der Waals surface area contributed by atoms with E-state index in [1.165, 1.54) is 0 Å². The highest BCUT2D eigenvalue weighted by atomic mass is 16.4. The predicted octanol–water partition coefficient (Wildman–Crippen LogP) is -0.301. The lowest BCUT2D eigenvalue weighted by Crippen LogP contribution is -2.52. The number of rotatable bonds is 4. The maximum Gasteiger partial charge on any atom is 0.327 e. The van der Waals surface area contributed by atoms with Gasteiger partial charge in [-0.25, -0.2) is 4.79 Å². The van der Waals surface area contributed by atoms with Crippen molar-refractivity contribution in [2.45, 2.75) is 32.2 Å². The molecule has 1 saturated heterocycles. The molecule has 2 N–H and O–H groups in total. The highest BCUT2D eigenvalue weighted by Gasteiger charge is 2.39. The molecule has 1 aliphatic rings. The molecular formula is C10H13NO6. The minimum atomic E-state index is -1.61. The smallest absolute Gasteiger partial charge is 0.327 e. The van der Waals surface area contributed by atoms with Gasteiger partial charge in [0.15, 0.2) is 0 Å². The van der Waals surface area contributed by atoms with Crippen LogP contribution in [0.4, 0.5) is 0 Å². The molecule has 0 aromatic heterocycles. The van der Waals surface area contributed by atoms with Crippen molar-refractivity contribution >= 4 is 23.8 Å². The van der Waals surface area contributed by atoms with E-state index in [2.05, 4.69) is 0 Å². The molecule has 0 bridgehead atoms. The van der Waals surface area contributed by atoms with Gasteiger partial charge in [0.1, 0.15) is 6.04 Å². The summed E-state index contributed by atoms with van der Waals surface area (Å²) in [6.45, 7) is 1.71. The van der Waals surface area contributed by atoms with Gasteiger partial charge in [0, 0.05) is 12.8 Å². The lowest BCUT2D eigenvalue weighted by Gasteiger charge is -2.31. The molecule has 1 unspecified atom stereocenters. The molecule has 7 heteroatoms. The van der Waals surface area contributed by atoms with Crippen molar-refractivity contribution in [1.29, 1.82) is 0 Å². The lowest BCUT2D eigenvalue weighted by molar-refractivity contribution is -0.163. The number of imide groups is 1. The maximum atomic E-state index is 11.6. The van der Waals surface area contributed by atoms with Crippen molar-refractivity contribution in [2.24, 2.45) is 5.92 Å². The minimum absolute atomic E-state index is 0.0646. The summed E-state index contributed by atoms with van der Waals surface area (Å²) in [5.41, 5.74) is 0. The van der Waals surface area contributed by atoms with E-state index in [4.69, 9.17) is 10.2 Å². The number of carbonyl (C=O) groups excluding carboxylic acids is 2. The quantitative estimate of drug-likeness (QED) is 0.655. The van der Waals surface area contributed by atoms with Gasteiger partial charge >= 0.3 is 11.9 Å². The van der Waals surface area contributed by atoms with Gasteiger partial charge < -0.3 is 10.2 Å². The molecule has 1 rings (SSSR count). The Kier molecular flexibility index (Phi) is 3.82. The van der Waals surface area contributed by atoms with Crippen LogP contribution in [0.25, 0.3) is 0 Å². The van der Waals surface area contributed by atoms with Crippen molar-refractivity contribution in [1.82, 2.24) is 4.90 Å². The Hall–Kier alpha value is -1.92. The maximum absolute atomic E-state index is 11.6. The van der Waals surface area contributed by atoms with E-state index in [-0.39, 0.29) is 18.8 Å². The number of hydrogen-bond donors (Lipinski definition) is 2. The minimum Gasteiger partial charge on any atom is -0.481 e. The van der Waals surface area contributed by atoms with Crippen LogP contribution in [0.2, 0.25) is 0 Å². The summed E-state index contributed by atoms with van der Waals surface area (Å²) in [6, 6.07) is -1.61. The van der Waals surface area contributed by atoms with Gasteiger partial charge in [-0.15, -0.1) is 0 Å². The van der Waals surface area contributed by atoms with Gasteiger partial charge in [-0.05, 0) is 5.92 Å². The third kappa shape index (κ3) is 3.02. The molecule has 1 aliphatic heterocycles. The molecule has 1 fully saturated rings. The van der Waals surface area contributed by atoms with E-state index in [0.29, 0.717) is 4.90 Å². The summed E-state index contributed by atoms with van der Waals surface area (Å²) in [5, 5.41) is 17.4.